The maximum Gasteiger partial charge on any atom is 0.331 e. The van der Waals surface area contributed by atoms with E-state index < -0.39 is 16.9 Å². The smallest absolute Gasteiger partial charge is 0.331 e. The summed E-state index contributed by atoms with van der Waals surface area (Å²) in [6.45, 7) is 2.20. The summed E-state index contributed by atoms with van der Waals surface area (Å²) in [4.78, 5) is 38.8. The van der Waals surface area contributed by atoms with Crippen molar-refractivity contribution < 1.29 is 23.9 Å². The van der Waals surface area contributed by atoms with Crippen LogP contribution in [0.1, 0.15) is 30.1 Å². The maximum absolute atomic E-state index is 12.8. The van der Waals surface area contributed by atoms with Gasteiger partial charge in [0, 0.05) is 12.1 Å². The minimum atomic E-state index is -1.05. The summed E-state index contributed by atoms with van der Waals surface area (Å²) in [5.41, 5.74) is -1.34. The van der Waals surface area contributed by atoms with Gasteiger partial charge in [-0.3, -0.25) is 9.59 Å². The van der Waals surface area contributed by atoms with Gasteiger partial charge in [-0.1, -0.05) is 18.2 Å². The van der Waals surface area contributed by atoms with Crippen LogP contribution in [-0.2, 0) is 19.1 Å². The van der Waals surface area contributed by atoms with E-state index in [1.165, 1.54) is 12.0 Å². The largest absolute Gasteiger partial charge is 0.467 e. The van der Waals surface area contributed by atoms with Gasteiger partial charge in [-0.15, -0.1) is 0 Å². The Morgan fingerprint density at radius 1 is 1.13 bits per heavy atom. The van der Waals surface area contributed by atoms with Crippen molar-refractivity contribution in [1.29, 1.82) is 0 Å². The Kier molecular flexibility index (Phi) is 3.62. The standard InChI is InChI=1S/C17H19NO5/c1-3-23-14(20)16-9-17(10-16,15(21)22-2)18(11-16)13(19)12-7-5-4-6-8-12/h4-8H,3,9-11H2,1-2H3. The zero-order chi connectivity index (χ0) is 16.7. The van der Waals surface area contributed by atoms with Crippen LogP contribution in [0.4, 0.5) is 0 Å². The molecule has 2 saturated heterocycles. The lowest BCUT2D eigenvalue weighted by molar-refractivity contribution is -0.167. The van der Waals surface area contributed by atoms with E-state index >= 15 is 0 Å². The van der Waals surface area contributed by atoms with Gasteiger partial charge in [-0.25, -0.2) is 4.79 Å². The Bertz CT molecular complexity index is 648. The van der Waals surface area contributed by atoms with Crippen molar-refractivity contribution in [3.63, 3.8) is 0 Å². The second-order valence-corrected chi connectivity index (χ2v) is 6.13. The first-order valence-electron chi connectivity index (χ1n) is 7.62. The number of hydrogen-bond acceptors (Lipinski definition) is 5. The molecule has 6 heteroatoms. The molecule has 1 aromatic carbocycles. The molecule has 0 spiro atoms. The molecule has 6 nitrogen and oxygen atoms in total. The summed E-state index contributed by atoms with van der Waals surface area (Å²) >= 11 is 0. The SMILES string of the molecule is CCOC(=O)C12CN(C(=O)c3ccccc3)C(C(=O)OC)(C1)C2. The van der Waals surface area contributed by atoms with Gasteiger partial charge >= 0.3 is 11.9 Å². The van der Waals surface area contributed by atoms with Gasteiger partial charge in [0.1, 0.15) is 5.54 Å². The lowest BCUT2D eigenvalue weighted by Crippen LogP contribution is -2.59. The Labute approximate surface area is 134 Å². The molecule has 0 atom stereocenters. The van der Waals surface area contributed by atoms with Gasteiger partial charge in [0.25, 0.3) is 5.91 Å². The van der Waals surface area contributed by atoms with Gasteiger partial charge in [0.05, 0.1) is 19.1 Å². The van der Waals surface area contributed by atoms with Crippen molar-refractivity contribution in [1.82, 2.24) is 4.90 Å². The molecular formula is C17H19NO5. The minimum absolute atomic E-state index is 0.189. The highest BCUT2D eigenvalue weighted by molar-refractivity contribution is 6.02. The van der Waals surface area contributed by atoms with Crippen molar-refractivity contribution >= 4 is 17.8 Å². The van der Waals surface area contributed by atoms with E-state index in [0.717, 1.165) is 0 Å². The third-order valence-corrected chi connectivity index (χ3v) is 4.78. The molecule has 3 aliphatic rings. The summed E-state index contributed by atoms with van der Waals surface area (Å²) in [6, 6.07) is 8.73. The fourth-order valence-corrected chi connectivity index (χ4v) is 3.76. The summed E-state index contributed by atoms with van der Waals surface area (Å²) in [7, 11) is 1.30. The molecule has 0 aromatic heterocycles. The third-order valence-electron chi connectivity index (χ3n) is 4.78. The molecule has 23 heavy (non-hydrogen) atoms. The van der Waals surface area contributed by atoms with Crippen LogP contribution in [0.5, 0.6) is 0 Å². The summed E-state index contributed by atoms with van der Waals surface area (Å²) in [6.07, 6.45) is 0.536. The molecule has 1 amide bonds. The molecule has 2 heterocycles. The van der Waals surface area contributed by atoms with Gasteiger partial charge in [-0.05, 0) is 31.9 Å². The van der Waals surface area contributed by atoms with Crippen molar-refractivity contribution in [2.24, 2.45) is 5.41 Å². The van der Waals surface area contributed by atoms with E-state index in [0.29, 0.717) is 5.56 Å². The minimum Gasteiger partial charge on any atom is -0.467 e. The topological polar surface area (TPSA) is 72.9 Å². The number of rotatable bonds is 4. The highest BCUT2D eigenvalue weighted by Gasteiger charge is 2.74. The number of methoxy groups -OCH3 is 1. The molecule has 1 aliphatic carbocycles. The molecule has 1 aromatic rings. The van der Waals surface area contributed by atoms with Crippen LogP contribution in [-0.4, -0.2) is 48.5 Å². The van der Waals surface area contributed by atoms with Gasteiger partial charge in [0.15, 0.2) is 0 Å². The van der Waals surface area contributed by atoms with Crippen molar-refractivity contribution in [2.75, 3.05) is 20.3 Å². The van der Waals surface area contributed by atoms with Crippen LogP contribution in [0.2, 0.25) is 0 Å². The number of nitrogens with zero attached hydrogens (tertiary/aromatic N) is 1. The molecular weight excluding hydrogens is 298 g/mol. The third kappa shape index (κ3) is 2.12. The van der Waals surface area contributed by atoms with E-state index in [1.54, 1.807) is 31.2 Å². The Hall–Kier alpha value is -2.37. The number of fused-ring (bicyclic) bond motifs is 1. The van der Waals surface area contributed by atoms with E-state index in [1.807, 2.05) is 6.07 Å². The maximum atomic E-state index is 12.8. The number of hydrogen-bond donors (Lipinski definition) is 0. The molecule has 0 radical (unpaired) electrons. The average molecular weight is 317 g/mol. The van der Waals surface area contributed by atoms with Crippen LogP contribution >= 0.6 is 0 Å². The number of esters is 2. The summed E-state index contributed by atoms with van der Waals surface area (Å²) in [5, 5.41) is 0. The normalized spacial score (nSPS) is 28.0. The zero-order valence-electron chi connectivity index (χ0n) is 13.2. The average Bonchev–Trinajstić information content (AvgIpc) is 3.07. The fraction of sp³-hybridized carbons (Fsp3) is 0.471. The highest BCUT2D eigenvalue weighted by atomic mass is 16.5. The van der Waals surface area contributed by atoms with Crippen molar-refractivity contribution in [2.45, 2.75) is 25.3 Å². The number of amides is 1. The van der Waals surface area contributed by atoms with Crippen LogP contribution in [0.25, 0.3) is 0 Å². The van der Waals surface area contributed by atoms with Crippen LogP contribution < -0.4 is 0 Å². The molecule has 0 unspecified atom stereocenters. The molecule has 4 rings (SSSR count). The van der Waals surface area contributed by atoms with Gasteiger partial charge < -0.3 is 14.4 Å². The predicted octanol–water partition coefficient (Wildman–Crippen LogP) is 1.40. The van der Waals surface area contributed by atoms with E-state index in [9.17, 15) is 14.4 Å². The Morgan fingerprint density at radius 2 is 1.78 bits per heavy atom. The highest BCUT2D eigenvalue weighted by Crippen LogP contribution is 2.60. The Morgan fingerprint density at radius 3 is 2.35 bits per heavy atom. The molecule has 1 saturated carbocycles. The number of carbonyl (C=O) groups is 3. The summed E-state index contributed by atoms with van der Waals surface area (Å²) < 4.78 is 10.0. The van der Waals surface area contributed by atoms with E-state index in [2.05, 4.69) is 0 Å². The monoisotopic (exact) mass is 317 g/mol. The number of carbonyl (C=O) groups excluding carboxylic acids is 3. The molecule has 2 aliphatic heterocycles. The zero-order valence-corrected chi connectivity index (χ0v) is 13.2. The summed E-state index contributed by atoms with van der Waals surface area (Å²) in [5.74, 6) is -1.08. The lowest BCUT2D eigenvalue weighted by Gasteiger charge is -2.43. The van der Waals surface area contributed by atoms with Crippen molar-refractivity contribution in [3.05, 3.63) is 35.9 Å². The first kappa shape index (κ1) is 15.5. The first-order chi connectivity index (χ1) is 11.0. The van der Waals surface area contributed by atoms with Crippen LogP contribution in [0.3, 0.4) is 0 Å². The molecule has 3 fully saturated rings. The first-order valence-corrected chi connectivity index (χ1v) is 7.62. The molecule has 122 valence electrons. The van der Waals surface area contributed by atoms with Gasteiger partial charge in [0.2, 0.25) is 0 Å². The van der Waals surface area contributed by atoms with E-state index in [-0.39, 0.29) is 37.9 Å². The van der Waals surface area contributed by atoms with Crippen molar-refractivity contribution in [3.8, 4) is 0 Å². The molecule has 2 bridgehead atoms. The van der Waals surface area contributed by atoms with E-state index in [4.69, 9.17) is 9.47 Å². The fourth-order valence-electron chi connectivity index (χ4n) is 3.76. The van der Waals surface area contributed by atoms with Gasteiger partial charge in [-0.2, -0.15) is 0 Å². The second-order valence-electron chi connectivity index (χ2n) is 6.13. The lowest BCUT2D eigenvalue weighted by atomic mass is 9.62. The Balaban J connectivity index is 1.92. The van der Waals surface area contributed by atoms with Crippen LogP contribution in [0.15, 0.2) is 30.3 Å². The number of ether oxygens (including phenoxy) is 2. The number of benzene rings is 1. The molecule has 0 N–H and O–H groups in total. The predicted molar refractivity (Wildman–Crippen MR) is 80.5 cm³/mol. The van der Waals surface area contributed by atoms with Crippen LogP contribution in [0, 0.1) is 5.41 Å². The second kappa shape index (κ2) is 5.37. The quantitative estimate of drug-likeness (QED) is 0.785.